The van der Waals surface area contributed by atoms with Crippen LogP contribution in [0.25, 0.3) is 0 Å². The number of nitrogen functional groups attached to an aromatic ring is 3. The predicted octanol–water partition coefficient (Wildman–Crippen LogP) is -0.406. The molecule has 18 nitrogen and oxygen atoms in total. The quantitative estimate of drug-likeness (QED) is 0.115. The summed E-state index contributed by atoms with van der Waals surface area (Å²) in [5, 5.41) is 26.4. The number of carboxylic acids is 3. The van der Waals surface area contributed by atoms with Crippen LogP contribution in [0.15, 0.2) is 54.6 Å². The Labute approximate surface area is 282 Å². The van der Waals surface area contributed by atoms with Gasteiger partial charge in [0.2, 0.25) is 0 Å². The van der Waals surface area contributed by atoms with E-state index in [2.05, 4.69) is 3.79 Å². The molecule has 46 heavy (non-hydrogen) atoms. The van der Waals surface area contributed by atoms with Gasteiger partial charge in [0.05, 0.1) is 33.4 Å². The molecule has 0 spiro atoms. The van der Waals surface area contributed by atoms with E-state index in [9.17, 15) is 28.8 Å². The zero-order valence-corrected chi connectivity index (χ0v) is 27.2. The second-order valence-electron chi connectivity index (χ2n) is 8.04. The van der Waals surface area contributed by atoms with Gasteiger partial charge in [-0.05, 0) is 54.6 Å². The van der Waals surface area contributed by atoms with Crippen molar-refractivity contribution in [2.75, 3.05) is 17.2 Å². The minimum absolute atomic E-state index is 0. The summed E-state index contributed by atoms with van der Waals surface area (Å²) >= 11 is -2.73. The first-order valence-electron chi connectivity index (χ1n) is 11.5. The Morgan fingerprint density at radius 1 is 0.652 bits per heavy atom. The average molecular weight is 709 g/mol. The number of rotatable bonds is 10. The van der Waals surface area contributed by atoms with Gasteiger partial charge < -0.3 is 57.7 Å². The highest BCUT2D eigenvalue weighted by Crippen LogP contribution is 2.18. The fourth-order valence-electron chi connectivity index (χ4n) is 3.06. The molecule has 0 unspecified atom stereocenters. The van der Waals surface area contributed by atoms with E-state index in [0.29, 0.717) is 0 Å². The van der Waals surface area contributed by atoms with Crippen molar-refractivity contribution in [3.05, 3.63) is 88.0 Å². The number of aromatic carboxylic acids is 3. The van der Waals surface area contributed by atoms with Gasteiger partial charge in [-0.2, -0.15) is 10.0 Å². The first-order chi connectivity index (χ1) is 20.7. The van der Waals surface area contributed by atoms with Gasteiger partial charge in [0, 0.05) is 17.1 Å². The van der Waals surface area contributed by atoms with Crippen LogP contribution in [0.4, 0.5) is 17.1 Å². The molecule has 0 aliphatic heterocycles. The van der Waals surface area contributed by atoms with Crippen molar-refractivity contribution in [3.8, 4) is 0 Å². The largest absolute Gasteiger partial charge is 0.878 e. The van der Waals surface area contributed by atoms with Crippen molar-refractivity contribution in [2.45, 2.75) is 0 Å². The van der Waals surface area contributed by atoms with E-state index < -0.39 is 65.6 Å². The molecule has 0 amide bonds. The molecule has 0 aliphatic rings. The van der Waals surface area contributed by atoms with Crippen molar-refractivity contribution in [3.63, 3.8) is 0 Å². The van der Waals surface area contributed by atoms with E-state index in [1.807, 2.05) is 0 Å². The third-order valence-corrected chi connectivity index (χ3v) is 8.60. The number of carbonyl (C=O) groups is 6. The fourth-order valence-corrected chi connectivity index (χ4v) is 5.11. The van der Waals surface area contributed by atoms with Crippen molar-refractivity contribution in [1.29, 1.82) is 0 Å². The molecule has 13 N–H and O–H groups in total. The topological polar surface area (TPSA) is 341 Å². The maximum absolute atomic E-state index is 12.1. The van der Waals surface area contributed by atoms with Crippen LogP contribution in [0.5, 0.6) is 0 Å². The van der Waals surface area contributed by atoms with Gasteiger partial charge in [-0.1, -0.05) is 0 Å². The summed E-state index contributed by atoms with van der Waals surface area (Å²) in [6.07, 6.45) is 0. The zero-order chi connectivity index (χ0) is 33.1. The van der Waals surface area contributed by atoms with E-state index >= 15 is 0 Å². The van der Waals surface area contributed by atoms with Gasteiger partial charge in [0.1, 0.15) is 0 Å². The SMILES string of the molecule is Nc1cc(C(=O)O)ccc1C(=O)[O][Al].Nc1cc(C(=O)O)ccc1C(=O)[O][Al][O][Al]([Cl])[O]C(=O)c1ccc(C(=O)O)cc1N.O.O. The Balaban J connectivity index is 0.00000107. The predicted molar refractivity (Wildman–Crippen MR) is 161 cm³/mol. The number of halogens is 1. The summed E-state index contributed by atoms with van der Waals surface area (Å²) in [4.78, 5) is 67.4. The lowest BCUT2D eigenvalue weighted by Gasteiger charge is -2.11. The molecule has 0 aromatic heterocycles. The van der Waals surface area contributed by atoms with Gasteiger partial charge in [-0.25, -0.2) is 28.8 Å². The molecule has 239 valence electrons. The molecule has 3 rings (SSSR count). The highest BCUT2D eigenvalue weighted by Gasteiger charge is 2.32. The Kier molecular flexibility index (Phi) is 17.4. The second-order valence-corrected chi connectivity index (χ2v) is 11.7. The first kappa shape index (κ1) is 41.6. The molecule has 3 radical (unpaired) electrons. The van der Waals surface area contributed by atoms with E-state index in [1.54, 1.807) is 16.6 Å². The summed E-state index contributed by atoms with van der Waals surface area (Å²) in [6, 6.07) is 10.7. The number of anilines is 3. The van der Waals surface area contributed by atoms with Crippen LogP contribution < -0.4 is 17.2 Å². The van der Waals surface area contributed by atoms with Crippen LogP contribution in [-0.4, -0.2) is 108 Å². The Morgan fingerprint density at radius 3 is 1.33 bits per heavy atom. The van der Waals surface area contributed by atoms with E-state index in [1.165, 1.54) is 42.5 Å². The number of benzene rings is 3. The summed E-state index contributed by atoms with van der Waals surface area (Å²) < 4.78 is 19.3. The fraction of sp³-hybridized carbons (Fsp3) is 0. The Bertz CT molecular complexity index is 1630. The van der Waals surface area contributed by atoms with Gasteiger partial charge in [0.15, 0.2) is 0 Å². The zero-order valence-electron chi connectivity index (χ0n) is 23.0. The molecule has 0 aliphatic carbocycles. The standard InChI is InChI=1S/3C8H7NO4.3Al.ClH.2H2O.O/c3*9-6-3-4(7(10)11)1-2-5(6)8(12)13;;;;;;;/h3*1-3H,9H2,(H,10,11)(H,12,13);;;;1H;2*1H2;/q;;;2*+1;+2;;;;/p-4. The number of carbonyl (C=O) groups excluding carboxylic acids is 3. The van der Waals surface area contributed by atoms with Crippen LogP contribution >= 0.6 is 10.0 Å². The first-order valence-corrected chi connectivity index (χ1v) is 15.6. The summed E-state index contributed by atoms with van der Waals surface area (Å²) in [7, 11) is 5.85. The number of carboxylic acid groups (broad SMARTS) is 3. The van der Waals surface area contributed by atoms with Gasteiger partial charge in [-0.15, -0.1) is 0 Å². The third kappa shape index (κ3) is 11.9. The van der Waals surface area contributed by atoms with Crippen LogP contribution in [-0.2, 0) is 14.2 Å². The Morgan fingerprint density at radius 2 is 1.00 bits per heavy atom. The van der Waals surface area contributed by atoms with E-state index in [4.69, 9.17) is 53.0 Å². The highest BCUT2D eigenvalue weighted by molar-refractivity contribution is 7.01. The van der Waals surface area contributed by atoms with E-state index in [-0.39, 0.29) is 61.4 Å². The van der Waals surface area contributed by atoms with Crippen LogP contribution in [0.3, 0.4) is 0 Å². The lowest BCUT2D eigenvalue weighted by atomic mass is 10.1. The lowest BCUT2D eigenvalue weighted by molar-refractivity contribution is 0.0676. The number of hydrogen-bond donors (Lipinski definition) is 6. The van der Waals surface area contributed by atoms with Crippen molar-refractivity contribution < 1.29 is 69.2 Å². The second kappa shape index (κ2) is 19.2. The summed E-state index contributed by atoms with van der Waals surface area (Å²) in [5.74, 6) is -5.91. The molecule has 22 heteroatoms. The molecule has 0 saturated carbocycles. The molecule has 0 atom stereocenters. The number of nitrogens with two attached hydrogens (primary N) is 3. The van der Waals surface area contributed by atoms with Crippen molar-refractivity contribution in [2.24, 2.45) is 0 Å². The third-order valence-electron chi connectivity index (χ3n) is 5.18. The van der Waals surface area contributed by atoms with Crippen molar-refractivity contribution >= 4 is 109 Å². The smallest absolute Gasteiger partial charge is 0.624 e. The normalized spacial score (nSPS) is 9.41. The molecular formula is C24H22Al3ClN3O15. The lowest BCUT2D eigenvalue weighted by Crippen LogP contribution is -2.25. The summed E-state index contributed by atoms with van der Waals surface area (Å²) in [6.45, 7) is 0. The highest BCUT2D eigenvalue weighted by atomic mass is 35.6. The molecule has 3 aromatic rings. The Hall–Kier alpha value is -4.35. The maximum atomic E-state index is 12.1. The van der Waals surface area contributed by atoms with Gasteiger partial charge in [-0.3, -0.25) is 0 Å². The monoisotopic (exact) mass is 708 g/mol. The minimum atomic E-state index is -3.07. The molecular weight excluding hydrogens is 687 g/mol. The van der Waals surface area contributed by atoms with Gasteiger partial charge >= 0.3 is 82.2 Å². The molecule has 3 aromatic carbocycles. The number of hydrogen-bond acceptors (Lipinski definition) is 13. The van der Waals surface area contributed by atoms with E-state index in [0.717, 1.165) is 12.1 Å². The molecule has 0 heterocycles. The average Bonchev–Trinajstić information content (AvgIpc) is 2.96. The maximum Gasteiger partial charge on any atom is 0.878 e. The molecule has 0 bridgehead atoms. The van der Waals surface area contributed by atoms with Crippen LogP contribution in [0.2, 0.25) is 0 Å². The van der Waals surface area contributed by atoms with Crippen LogP contribution in [0, 0.1) is 0 Å². The molecule has 0 fully saturated rings. The van der Waals surface area contributed by atoms with Crippen molar-refractivity contribution in [1.82, 2.24) is 0 Å². The van der Waals surface area contributed by atoms with Crippen LogP contribution in [0.1, 0.15) is 62.1 Å². The molecule has 0 saturated heterocycles. The summed E-state index contributed by atoms with van der Waals surface area (Å²) in [5.41, 5.74) is 16.4. The van der Waals surface area contributed by atoms with Gasteiger partial charge in [0.25, 0.3) is 0 Å². The minimum Gasteiger partial charge on any atom is -0.624 e.